The van der Waals surface area contributed by atoms with Crippen LogP contribution in [0.1, 0.15) is 34.9 Å². The largest absolute Gasteiger partial charge is 0.473 e. The molecule has 1 fully saturated rings. The lowest BCUT2D eigenvalue weighted by molar-refractivity contribution is -0.123. The molecule has 1 aromatic heterocycles. The number of sulfone groups is 1. The highest BCUT2D eigenvalue weighted by atomic mass is 32.2. The molecule has 0 saturated heterocycles. The third-order valence-corrected chi connectivity index (χ3v) is 8.99. The Morgan fingerprint density at radius 1 is 1.02 bits per heavy atom. The molecule has 0 bridgehead atoms. The van der Waals surface area contributed by atoms with Crippen molar-refractivity contribution in [2.75, 3.05) is 5.32 Å². The lowest BCUT2D eigenvalue weighted by atomic mass is 10.1. The number of thiazole rings is 1. The Kier molecular flexibility index (Phi) is 7.50. The van der Waals surface area contributed by atoms with E-state index in [-0.39, 0.29) is 21.3 Å². The van der Waals surface area contributed by atoms with Crippen LogP contribution >= 0.6 is 11.3 Å². The van der Waals surface area contributed by atoms with Gasteiger partial charge >= 0.3 is 0 Å². The predicted octanol–water partition coefficient (Wildman–Crippen LogP) is 5.01. The number of hydrogen-bond donors (Lipinski definition) is 2. The van der Waals surface area contributed by atoms with Crippen LogP contribution < -0.4 is 20.5 Å². The van der Waals surface area contributed by atoms with Gasteiger partial charge in [-0.1, -0.05) is 23.5 Å². The van der Waals surface area contributed by atoms with Gasteiger partial charge in [0.05, 0.1) is 16.3 Å². The Labute approximate surface area is 231 Å². The Bertz CT molecular complexity index is 1670. The van der Waals surface area contributed by atoms with E-state index in [1.54, 1.807) is 12.1 Å². The van der Waals surface area contributed by atoms with E-state index in [2.05, 4.69) is 10.3 Å². The molecule has 0 radical (unpaired) electrons. The van der Waals surface area contributed by atoms with Gasteiger partial charge < -0.3 is 15.2 Å². The molecule has 1 saturated carbocycles. The molecule has 3 aromatic carbocycles. The molecule has 9 nitrogen and oxygen atoms in total. The fraction of sp³-hybridized carbons (Fsp3) is 0.148. The Morgan fingerprint density at radius 2 is 1.73 bits per heavy atom. The van der Waals surface area contributed by atoms with Crippen LogP contribution in [0.25, 0.3) is 0 Å². The van der Waals surface area contributed by atoms with Gasteiger partial charge in [-0.15, -0.1) is 0 Å². The van der Waals surface area contributed by atoms with Gasteiger partial charge in [0.2, 0.25) is 17.1 Å². The van der Waals surface area contributed by atoms with E-state index in [0.717, 1.165) is 23.5 Å². The average Bonchev–Trinajstić information content (AvgIpc) is 3.70. The molecular formula is C27H21F2N3O6S2. The second-order valence-corrected chi connectivity index (χ2v) is 12.1. The quantitative estimate of drug-likeness (QED) is 0.267. The minimum atomic E-state index is -3.47. The molecular weight excluding hydrogens is 564 g/mol. The van der Waals surface area contributed by atoms with E-state index in [1.807, 2.05) is 0 Å². The van der Waals surface area contributed by atoms with Gasteiger partial charge in [-0.25, -0.2) is 22.2 Å². The summed E-state index contributed by atoms with van der Waals surface area (Å²) in [6.45, 7) is 0. The molecule has 0 aliphatic heterocycles. The number of primary amides is 1. The maximum absolute atomic E-state index is 14.4. The number of halogens is 2. The van der Waals surface area contributed by atoms with Gasteiger partial charge in [0, 0.05) is 17.2 Å². The first kappa shape index (κ1) is 27.2. The first-order valence-corrected chi connectivity index (χ1v) is 14.3. The third kappa shape index (κ3) is 6.10. The maximum atomic E-state index is 14.4. The Balaban J connectivity index is 1.36. The molecule has 5 rings (SSSR count). The van der Waals surface area contributed by atoms with Gasteiger partial charge in [0.1, 0.15) is 11.6 Å². The molecule has 1 aliphatic carbocycles. The average molecular weight is 586 g/mol. The van der Waals surface area contributed by atoms with Crippen molar-refractivity contribution in [3.63, 3.8) is 0 Å². The van der Waals surface area contributed by atoms with Crippen molar-refractivity contribution in [1.29, 1.82) is 0 Å². The number of carbonyl (C=O) groups excluding carboxylic acids is 2. The van der Waals surface area contributed by atoms with E-state index in [4.69, 9.17) is 15.2 Å². The summed E-state index contributed by atoms with van der Waals surface area (Å²) in [4.78, 5) is 28.7. The lowest BCUT2D eigenvalue weighted by Crippen LogP contribution is -2.26. The standard InChI is InChI=1S/C27H21F2N3O6S2/c28-17-5-12-22(21(29)13-17)38-24(15-3-8-19(9-4-15)40(35,36)20-10-11-20)26(34)32-27-31-14-23(39-27)37-18-6-1-16(2-7-18)25(30)33/h1-9,12-14,20,24H,10-11H2,(H2,30,33)(H,31,32,34). The summed E-state index contributed by atoms with van der Waals surface area (Å²) in [6, 6.07) is 14.3. The minimum Gasteiger partial charge on any atom is -0.473 e. The Hall–Kier alpha value is -4.36. The molecule has 13 heteroatoms. The molecule has 2 amide bonds. The monoisotopic (exact) mass is 585 g/mol. The molecule has 1 atom stereocenters. The van der Waals surface area contributed by atoms with Crippen molar-refractivity contribution >= 4 is 38.1 Å². The number of aromatic nitrogens is 1. The summed E-state index contributed by atoms with van der Waals surface area (Å²) in [7, 11) is -3.47. The van der Waals surface area contributed by atoms with Crippen molar-refractivity contribution in [2.45, 2.75) is 29.1 Å². The molecule has 1 aliphatic rings. The number of hydrogen-bond acceptors (Lipinski definition) is 8. The van der Waals surface area contributed by atoms with E-state index in [0.29, 0.717) is 35.3 Å². The van der Waals surface area contributed by atoms with E-state index in [9.17, 15) is 26.8 Å². The van der Waals surface area contributed by atoms with Crippen LogP contribution in [-0.2, 0) is 14.6 Å². The summed E-state index contributed by atoms with van der Waals surface area (Å²) < 4.78 is 64.3. The van der Waals surface area contributed by atoms with Crippen molar-refractivity contribution in [2.24, 2.45) is 5.73 Å². The number of nitrogens with zero attached hydrogens (tertiary/aromatic N) is 1. The first-order chi connectivity index (χ1) is 19.1. The number of amides is 2. The van der Waals surface area contributed by atoms with E-state index >= 15 is 0 Å². The Morgan fingerprint density at radius 3 is 2.35 bits per heavy atom. The summed E-state index contributed by atoms with van der Waals surface area (Å²) in [5, 5.41) is 2.62. The van der Waals surface area contributed by atoms with Crippen molar-refractivity contribution in [1.82, 2.24) is 4.98 Å². The summed E-state index contributed by atoms with van der Waals surface area (Å²) in [6.07, 6.45) is 1.13. The van der Waals surface area contributed by atoms with Crippen LogP contribution in [0.3, 0.4) is 0 Å². The highest BCUT2D eigenvalue weighted by molar-refractivity contribution is 7.92. The highest BCUT2D eigenvalue weighted by Crippen LogP contribution is 2.35. The molecule has 1 heterocycles. The highest BCUT2D eigenvalue weighted by Gasteiger charge is 2.37. The van der Waals surface area contributed by atoms with Crippen molar-refractivity contribution < 1.29 is 36.3 Å². The zero-order valence-electron chi connectivity index (χ0n) is 20.5. The fourth-order valence-electron chi connectivity index (χ4n) is 3.71. The molecule has 4 aromatic rings. The van der Waals surface area contributed by atoms with Crippen molar-refractivity contribution in [3.05, 3.63) is 95.7 Å². The van der Waals surface area contributed by atoms with Crippen LogP contribution in [0.4, 0.5) is 13.9 Å². The van der Waals surface area contributed by atoms with E-state index < -0.39 is 44.6 Å². The number of nitrogens with one attached hydrogen (secondary N) is 1. The normalized spacial score (nSPS) is 13.8. The van der Waals surface area contributed by atoms with Crippen LogP contribution in [0, 0.1) is 11.6 Å². The fourth-order valence-corrected chi connectivity index (χ4v) is 6.06. The van der Waals surface area contributed by atoms with Crippen LogP contribution in [0.15, 0.2) is 77.8 Å². The van der Waals surface area contributed by atoms with Crippen LogP contribution in [0.2, 0.25) is 0 Å². The SMILES string of the molecule is NC(=O)c1ccc(Oc2cnc(NC(=O)C(Oc3ccc(F)cc3F)c3ccc(S(=O)(=O)C4CC4)cc3)s2)cc1. The lowest BCUT2D eigenvalue weighted by Gasteiger charge is -2.19. The number of rotatable bonds is 10. The van der Waals surface area contributed by atoms with Crippen LogP contribution in [0.5, 0.6) is 16.6 Å². The third-order valence-electron chi connectivity index (χ3n) is 5.92. The second kappa shape index (κ2) is 11.0. The zero-order valence-corrected chi connectivity index (χ0v) is 22.2. The molecule has 40 heavy (non-hydrogen) atoms. The maximum Gasteiger partial charge on any atom is 0.271 e. The van der Waals surface area contributed by atoms with E-state index in [1.165, 1.54) is 42.6 Å². The summed E-state index contributed by atoms with van der Waals surface area (Å²) in [5.41, 5.74) is 5.78. The van der Waals surface area contributed by atoms with Gasteiger partial charge in [0.15, 0.2) is 26.5 Å². The number of benzene rings is 3. The smallest absolute Gasteiger partial charge is 0.271 e. The van der Waals surface area contributed by atoms with Gasteiger partial charge in [-0.2, -0.15) is 0 Å². The number of nitrogens with two attached hydrogens (primary N) is 1. The zero-order chi connectivity index (χ0) is 28.4. The minimum absolute atomic E-state index is 0.108. The predicted molar refractivity (Wildman–Crippen MR) is 142 cm³/mol. The topological polar surface area (TPSA) is 138 Å². The molecule has 0 spiro atoms. The van der Waals surface area contributed by atoms with Crippen molar-refractivity contribution in [3.8, 4) is 16.6 Å². The molecule has 206 valence electrons. The first-order valence-electron chi connectivity index (χ1n) is 11.9. The van der Waals surface area contributed by atoms with Gasteiger partial charge in [0.25, 0.3) is 5.91 Å². The number of carbonyl (C=O) groups is 2. The second-order valence-electron chi connectivity index (χ2n) is 8.85. The summed E-state index contributed by atoms with van der Waals surface area (Å²) >= 11 is 0.991. The molecule has 3 N–H and O–H groups in total. The van der Waals surface area contributed by atoms with Crippen LogP contribution in [-0.4, -0.2) is 30.5 Å². The number of anilines is 1. The summed E-state index contributed by atoms with van der Waals surface area (Å²) in [5.74, 6) is -3.13. The van der Waals surface area contributed by atoms with Gasteiger partial charge in [-0.05, 0) is 61.4 Å². The molecule has 1 unspecified atom stereocenters. The van der Waals surface area contributed by atoms with Gasteiger partial charge in [-0.3, -0.25) is 14.9 Å². The number of ether oxygens (including phenoxy) is 2.